The number of benzene rings is 2. The highest BCUT2D eigenvalue weighted by Crippen LogP contribution is 2.44. The third kappa shape index (κ3) is 3.67. The number of aromatic hydroxyl groups is 4. The average Bonchev–Trinajstić information content (AvgIpc) is 2.42. The molecule has 0 radical (unpaired) electrons. The molecule has 2 aromatic rings. The molecule has 23 heavy (non-hydrogen) atoms. The lowest BCUT2D eigenvalue weighted by Gasteiger charge is -2.27. The van der Waals surface area contributed by atoms with Crippen molar-refractivity contribution in [3.63, 3.8) is 0 Å². The largest absolute Gasteiger partial charge is 0.508 e. The van der Waals surface area contributed by atoms with Gasteiger partial charge in [-0.1, -0.05) is 18.2 Å². The molecule has 0 aromatic heterocycles. The van der Waals surface area contributed by atoms with E-state index in [1.54, 1.807) is 18.2 Å². The fourth-order valence-electron chi connectivity index (χ4n) is 2.72. The predicted molar refractivity (Wildman–Crippen MR) is 83.7 cm³/mol. The van der Waals surface area contributed by atoms with Crippen LogP contribution in [0.25, 0.3) is 0 Å². The van der Waals surface area contributed by atoms with Crippen molar-refractivity contribution in [1.29, 1.82) is 0 Å². The van der Waals surface area contributed by atoms with Gasteiger partial charge in [0, 0.05) is 29.2 Å². The van der Waals surface area contributed by atoms with Gasteiger partial charge < -0.3 is 30.6 Å². The third-order valence-electron chi connectivity index (χ3n) is 3.67. The van der Waals surface area contributed by atoms with Gasteiger partial charge in [-0.2, -0.15) is 0 Å². The van der Waals surface area contributed by atoms with Crippen molar-refractivity contribution in [2.45, 2.75) is 31.5 Å². The van der Waals surface area contributed by atoms with Gasteiger partial charge in [-0.05, 0) is 19.4 Å². The maximum absolute atomic E-state index is 10.5. The van der Waals surface area contributed by atoms with Crippen LogP contribution in [0.4, 0.5) is 0 Å². The lowest BCUT2D eigenvalue weighted by Crippen LogP contribution is -2.24. The lowest BCUT2D eigenvalue weighted by molar-refractivity contribution is 0.0787. The van der Waals surface area contributed by atoms with Gasteiger partial charge in [0.1, 0.15) is 23.0 Å². The van der Waals surface area contributed by atoms with Crippen molar-refractivity contribution in [3.8, 4) is 23.0 Å². The van der Waals surface area contributed by atoms with Crippen LogP contribution in [-0.2, 0) is 0 Å². The Bertz CT molecular complexity index is 660. The molecule has 0 aliphatic rings. The van der Waals surface area contributed by atoms with Crippen molar-refractivity contribution >= 4 is 0 Å². The number of hydrogen-bond acceptors (Lipinski definition) is 6. The number of aliphatic hydroxyl groups excluding tert-OH is 2. The van der Waals surface area contributed by atoms with Crippen LogP contribution >= 0.6 is 0 Å². The molecule has 3 unspecified atom stereocenters. The standard InChI is InChI=1S/C17H20O6/c1-9(18)6-13(21)16(11-4-2-3-5-12(11)20)17-14(22)7-10(19)8-15(17)23/h2-5,7-9,13,16,18-23H,6H2,1H3. The fraction of sp³-hybridized carbons (Fsp3) is 0.294. The molecule has 2 rings (SSSR count). The molecule has 0 saturated carbocycles. The lowest BCUT2D eigenvalue weighted by atomic mass is 9.83. The summed E-state index contributed by atoms with van der Waals surface area (Å²) in [7, 11) is 0. The van der Waals surface area contributed by atoms with E-state index in [2.05, 4.69) is 0 Å². The molecule has 3 atom stereocenters. The van der Waals surface area contributed by atoms with Crippen molar-refractivity contribution in [2.24, 2.45) is 0 Å². The summed E-state index contributed by atoms with van der Waals surface area (Å²) in [5.41, 5.74) is 0.259. The van der Waals surface area contributed by atoms with E-state index in [1.807, 2.05) is 0 Å². The van der Waals surface area contributed by atoms with Crippen LogP contribution in [0.1, 0.15) is 30.4 Å². The van der Waals surface area contributed by atoms with Crippen LogP contribution in [-0.4, -0.2) is 42.8 Å². The Balaban J connectivity index is 2.61. The van der Waals surface area contributed by atoms with E-state index in [9.17, 15) is 30.6 Å². The van der Waals surface area contributed by atoms with E-state index in [0.717, 1.165) is 12.1 Å². The second-order valence-corrected chi connectivity index (χ2v) is 5.59. The summed E-state index contributed by atoms with van der Waals surface area (Å²) in [6.07, 6.45) is -2.02. The van der Waals surface area contributed by atoms with E-state index < -0.39 is 29.6 Å². The van der Waals surface area contributed by atoms with Crippen LogP contribution < -0.4 is 0 Å². The molecule has 6 heteroatoms. The van der Waals surface area contributed by atoms with E-state index in [1.165, 1.54) is 13.0 Å². The zero-order valence-electron chi connectivity index (χ0n) is 12.6. The van der Waals surface area contributed by atoms with Crippen molar-refractivity contribution < 1.29 is 30.6 Å². The Kier molecular flexibility index (Phi) is 4.98. The molecule has 0 aliphatic carbocycles. The number of rotatable bonds is 5. The molecule has 6 N–H and O–H groups in total. The minimum absolute atomic E-state index is 0.0290. The minimum Gasteiger partial charge on any atom is -0.508 e. The summed E-state index contributed by atoms with van der Waals surface area (Å²) >= 11 is 0. The van der Waals surface area contributed by atoms with Gasteiger partial charge in [0.15, 0.2) is 0 Å². The molecular formula is C17H20O6. The molecular weight excluding hydrogens is 300 g/mol. The molecule has 2 aromatic carbocycles. The molecule has 0 aliphatic heterocycles. The maximum Gasteiger partial charge on any atom is 0.126 e. The van der Waals surface area contributed by atoms with Gasteiger partial charge in [-0.3, -0.25) is 0 Å². The summed E-state index contributed by atoms with van der Waals surface area (Å²) in [4.78, 5) is 0. The number of phenols is 4. The Morgan fingerprint density at radius 1 is 0.870 bits per heavy atom. The van der Waals surface area contributed by atoms with Crippen molar-refractivity contribution in [3.05, 3.63) is 47.5 Å². The highest BCUT2D eigenvalue weighted by Gasteiger charge is 2.31. The molecule has 0 fully saturated rings. The Hall–Kier alpha value is -2.44. The third-order valence-corrected chi connectivity index (χ3v) is 3.67. The zero-order valence-corrected chi connectivity index (χ0v) is 12.6. The maximum atomic E-state index is 10.5. The van der Waals surface area contributed by atoms with Crippen molar-refractivity contribution in [1.82, 2.24) is 0 Å². The van der Waals surface area contributed by atoms with Gasteiger partial charge in [-0.15, -0.1) is 0 Å². The van der Waals surface area contributed by atoms with Crippen LogP contribution in [0.5, 0.6) is 23.0 Å². The van der Waals surface area contributed by atoms with Crippen LogP contribution in [0.2, 0.25) is 0 Å². The monoisotopic (exact) mass is 320 g/mol. The first-order valence-electron chi connectivity index (χ1n) is 7.20. The van der Waals surface area contributed by atoms with Gasteiger partial charge in [0.25, 0.3) is 0 Å². The molecule has 124 valence electrons. The molecule has 0 saturated heterocycles. The van der Waals surface area contributed by atoms with Crippen LogP contribution in [0.15, 0.2) is 36.4 Å². The first-order valence-corrected chi connectivity index (χ1v) is 7.20. The van der Waals surface area contributed by atoms with Crippen LogP contribution in [0.3, 0.4) is 0 Å². The first-order chi connectivity index (χ1) is 10.8. The van der Waals surface area contributed by atoms with E-state index in [0.29, 0.717) is 0 Å². The summed E-state index contributed by atoms with van der Waals surface area (Å²) in [5, 5.41) is 59.7. The topological polar surface area (TPSA) is 121 Å². The smallest absolute Gasteiger partial charge is 0.126 e. The predicted octanol–water partition coefficient (Wildman–Crippen LogP) is 1.77. The molecule has 0 spiro atoms. The Morgan fingerprint density at radius 2 is 1.43 bits per heavy atom. The number of para-hydroxylation sites is 1. The SMILES string of the molecule is CC(O)CC(O)C(c1ccccc1O)c1c(O)cc(O)cc1O. The van der Waals surface area contributed by atoms with Gasteiger partial charge >= 0.3 is 0 Å². The number of phenolic OH excluding ortho intramolecular Hbond substituents is 4. The Labute approximate surface area is 133 Å². The summed E-state index contributed by atoms with van der Waals surface area (Å²) in [5.74, 6) is -2.26. The quantitative estimate of drug-likeness (QED) is 0.499. The number of hydrogen-bond donors (Lipinski definition) is 6. The minimum atomic E-state index is -1.18. The highest BCUT2D eigenvalue weighted by molar-refractivity contribution is 5.55. The highest BCUT2D eigenvalue weighted by atomic mass is 16.3. The van der Waals surface area contributed by atoms with Gasteiger partial charge in [0.05, 0.1) is 12.2 Å². The van der Waals surface area contributed by atoms with Gasteiger partial charge in [0.2, 0.25) is 0 Å². The zero-order chi connectivity index (χ0) is 17.1. The molecule has 0 heterocycles. The second kappa shape index (κ2) is 6.76. The number of aliphatic hydroxyl groups is 2. The van der Waals surface area contributed by atoms with Crippen LogP contribution in [0, 0.1) is 0 Å². The second-order valence-electron chi connectivity index (χ2n) is 5.59. The van der Waals surface area contributed by atoms with Gasteiger partial charge in [-0.25, -0.2) is 0 Å². The van der Waals surface area contributed by atoms with E-state index in [4.69, 9.17) is 0 Å². The summed E-state index contributed by atoms with van der Waals surface area (Å²) < 4.78 is 0. The van der Waals surface area contributed by atoms with E-state index in [-0.39, 0.29) is 29.0 Å². The first kappa shape index (κ1) is 16.9. The molecule has 0 amide bonds. The Morgan fingerprint density at radius 3 is 1.96 bits per heavy atom. The van der Waals surface area contributed by atoms with E-state index >= 15 is 0 Å². The van der Waals surface area contributed by atoms with Crippen molar-refractivity contribution in [2.75, 3.05) is 0 Å². The average molecular weight is 320 g/mol. The molecule has 6 nitrogen and oxygen atoms in total. The fourth-order valence-corrected chi connectivity index (χ4v) is 2.72. The summed E-state index contributed by atoms with van der Waals surface area (Å²) in [6.45, 7) is 1.50. The normalized spacial score (nSPS) is 15.1. The molecule has 0 bridgehead atoms. The summed E-state index contributed by atoms with van der Waals surface area (Å²) in [6, 6.07) is 8.30.